The molecule has 1 aromatic rings. The summed E-state index contributed by atoms with van der Waals surface area (Å²) < 4.78 is 0. The largest absolute Gasteiger partial charge is 0.480 e. The number of carbonyl (C=O) groups excluding carboxylic acids is 1. The average Bonchev–Trinajstić information content (AvgIpc) is 2.73. The first-order chi connectivity index (χ1) is 8.44. The predicted molar refractivity (Wildman–Crippen MR) is 61.9 cm³/mol. The molecule has 1 fully saturated rings. The first kappa shape index (κ1) is 12.2. The number of carbonyl (C=O) groups is 2. The van der Waals surface area contributed by atoms with Crippen molar-refractivity contribution in [3.05, 3.63) is 18.1 Å². The van der Waals surface area contributed by atoms with Gasteiger partial charge < -0.3 is 21.5 Å². The van der Waals surface area contributed by atoms with Crippen molar-refractivity contribution in [2.75, 3.05) is 18.0 Å². The van der Waals surface area contributed by atoms with Gasteiger partial charge in [0.2, 0.25) is 0 Å². The van der Waals surface area contributed by atoms with E-state index in [2.05, 4.69) is 9.97 Å². The number of hydrogen-bond donors (Lipinski definition) is 3. The van der Waals surface area contributed by atoms with Crippen LogP contribution in [-0.4, -0.2) is 45.6 Å². The maximum Gasteiger partial charge on any atom is 0.325 e. The first-order valence-electron chi connectivity index (χ1n) is 5.32. The molecule has 5 N–H and O–H groups in total. The molecule has 0 aliphatic carbocycles. The number of carboxylic acids is 1. The van der Waals surface area contributed by atoms with Gasteiger partial charge in [-0.2, -0.15) is 0 Å². The summed E-state index contributed by atoms with van der Waals surface area (Å²) in [6.07, 6.45) is 3.04. The van der Waals surface area contributed by atoms with Gasteiger partial charge in [0.1, 0.15) is 5.54 Å². The number of nitrogens with zero attached hydrogens (tertiary/aromatic N) is 3. The highest BCUT2D eigenvalue weighted by molar-refractivity contribution is 5.95. The van der Waals surface area contributed by atoms with Gasteiger partial charge in [-0.15, -0.1) is 0 Å². The zero-order chi connectivity index (χ0) is 13.3. The lowest BCUT2D eigenvalue weighted by Gasteiger charge is -2.21. The number of amides is 1. The molecule has 96 valence electrons. The molecular formula is C10H13N5O3. The van der Waals surface area contributed by atoms with Crippen molar-refractivity contribution in [3.8, 4) is 0 Å². The molecule has 1 saturated heterocycles. The van der Waals surface area contributed by atoms with Crippen LogP contribution in [0.15, 0.2) is 12.4 Å². The number of aromatic nitrogens is 2. The van der Waals surface area contributed by atoms with E-state index < -0.39 is 17.4 Å². The van der Waals surface area contributed by atoms with Gasteiger partial charge in [-0.3, -0.25) is 9.59 Å². The van der Waals surface area contributed by atoms with Gasteiger partial charge in [0, 0.05) is 25.5 Å². The Hall–Kier alpha value is -2.22. The Morgan fingerprint density at radius 3 is 2.61 bits per heavy atom. The molecule has 2 rings (SSSR count). The summed E-state index contributed by atoms with van der Waals surface area (Å²) in [4.78, 5) is 31.7. The quantitative estimate of drug-likeness (QED) is 0.599. The maximum atomic E-state index is 11.2. The minimum absolute atomic E-state index is 0.0205. The highest BCUT2D eigenvalue weighted by atomic mass is 16.4. The molecule has 8 nitrogen and oxygen atoms in total. The number of carboxylic acid groups (broad SMARTS) is 1. The van der Waals surface area contributed by atoms with Crippen molar-refractivity contribution >= 4 is 17.7 Å². The van der Waals surface area contributed by atoms with E-state index in [1.165, 1.54) is 12.4 Å². The van der Waals surface area contributed by atoms with E-state index >= 15 is 0 Å². The van der Waals surface area contributed by atoms with Crippen LogP contribution >= 0.6 is 0 Å². The Morgan fingerprint density at radius 1 is 1.39 bits per heavy atom. The highest BCUT2D eigenvalue weighted by Crippen LogP contribution is 2.25. The molecule has 0 radical (unpaired) electrons. The topological polar surface area (TPSA) is 135 Å². The maximum absolute atomic E-state index is 11.2. The highest BCUT2D eigenvalue weighted by Gasteiger charge is 2.42. The van der Waals surface area contributed by atoms with E-state index in [-0.39, 0.29) is 24.5 Å². The molecule has 8 heteroatoms. The molecule has 2 heterocycles. The van der Waals surface area contributed by atoms with E-state index in [1.807, 2.05) is 0 Å². The second kappa shape index (κ2) is 4.22. The van der Waals surface area contributed by atoms with E-state index in [4.69, 9.17) is 16.6 Å². The lowest BCUT2D eigenvalue weighted by Crippen LogP contribution is -2.50. The van der Waals surface area contributed by atoms with Crippen molar-refractivity contribution < 1.29 is 14.7 Å². The molecule has 0 bridgehead atoms. The minimum atomic E-state index is -1.33. The molecule has 18 heavy (non-hydrogen) atoms. The fourth-order valence-corrected chi connectivity index (χ4v) is 1.92. The summed E-state index contributed by atoms with van der Waals surface area (Å²) in [5.41, 5.74) is 9.64. The Bertz CT molecular complexity index is 506. The van der Waals surface area contributed by atoms with Gasteiger partial charge in [-0.05, 0) is 6.42 Å². The third kappa shape index (κ3) is 1.97. The van der Waals surface area contributed by atoms with Crippen molar-refractivity contribution in [2.45, 2.75) is 12.0 Å². The van der Waals surface area contributed by atoms with Crippen molar-refractivity contribution in [2.24, 2.45) is 11.5 Å². The van der Waals surface area contributed by atoms with Crippen LogP contribution in [-0.2, 0) is 4.79 Å². The van der Waals surface area contributed by atoms with Crippen LogP contribution in [0.1, 0.15) is 16.9 Å². The zero-order valence-corrected chi connectivity index (χ0v) is 9.54. The van der Waals surface area contributed by atoms with E-state index in [9.17, 15) is 9.59 Å². The molecule has 1 unspecified atom stereocenters. The smallest absolute Gasteiger partial charge is 0.325 e. The second-order valence-electron chi connectivity index (χ2n) is 4.23. The average molecular weight is 251 g/mol. The first-order valence-corrected chi connectivity index (χ1v) is 5.32. The fraction of sp³-hybridized carbons (Fsp3) is 0.400. The molecule has 0 aromatic carbocycles. The van der Waals surface area contributed by atoms with Crippen LogP contribution in [0.4, 0.5) is 5.82 Å². The van der Waals surface area contributed by atoms with Gasteiger partial charge in [-0.1, -0.05) is 0 Å². The van der Waals surface area contributed by atoms with Crippen LogP contribution in [0.3, 0.4) is 0 Å². The van der Waals surface area contributed by atoms with Crippen LogP contribution in [0.2, 0.25) is 0 Å². The van der Waals surface area contributed by atoms with Crippen LogP contribution in [0, 0.1) is 0 Å². The van der Waals surface area contributed by atoms with Crippen LogP contribution < -0.4 is 16.4 Å². The van der Waals surface area contributed by atoms with Crippen LogP contribution in [0.25, 0.3) is 0 Å². The van der Waals surface area contributed by atoms with Gasteiger partial charge in [0.15, 0.2) is 11.5 Å². The summed E-state index contributed by atoms with van der Waals surface area (Å²) in [5, 5.41) is 9.04. The van der Waals surface area contributed by atoms with Gasteiger partial charge in [0.05, 0.1) is 0 Å². The van der Waals surface area contributed by atoms with Gasteiger partial charge >= 0.3 is 5.97 Å². The number of primary amides is 1. The Morgan fingerprint density at radius 2 is 2.06 bits per heavy atom. The third-order valence-corrected chi connectivity index (χ3v) is 2.94. The normalized spacial score (nSPS) is 23.1. The second-order valence-corrected chi connectivity index (χ2v) is 4.23. The Labute approximate surface area is 103 Å². The molecular weight excluding hydrogens is 238 g/mol. The van der Waals surface area contributed by atoms with Gasteiger partial charge in [-0.25, -0.2) is 9.97 Å². The monoisotopic (exact) mass is 251 g/mol. The summed E-state index contributed by atoms with van der Waals surface area (Å²) in [6, 6.07) is 0. The van der Waals surface area contributed by atoms with Crippen molar-refractivity contribution in [3.63, 3.8) is 0 Å². The number of hydrogen-bond acceptors (Lipinski definition) is 6. The standard InChI is InChI=1S/C10H13N5O3/c11-7(16)6-8(14-3-2-13-6)15-4-1-10(12,5-15)9(17)18/h2-3H,1,4-5,12H2,(H2,11,16)(H,17,18). The molecule has 1 amide bonds. The third-order valence-electron chi connectivity index (χ3n) is 2.94. The molecule has 1 aromatic heterocycles. The summed E-state index contributed by atoms with van der Waals surface area (Å²) in [7, 11) is 0. The Kier molecular flexibility index (Phi) is 2.87. The van der Waals surface area contributed by atoms with Crippen LogP contribution in [0.5, 0.6) is 0 Å². The summed E-state index contributed by atoms with van der Waals surface area (Å²) >= 11 is 0. The molecule has 1 aliphatic rings. The number of anilines is 1. The molecule has 0 spiro atoms. The number of aliphatic carboxylic acids is 1. The zero-order valence-electron chi connectivity index (χ0n) is 9.54. The fourth-order valence-electron chi connectivity index (χ4n) is 1.92. The molecule has 1 atom stereocenters. The predicted octanol–water partition coefficient (Wildman–Crippen LogP) is -1.43. The lowest BCUT2D eigenvalue weighted by molar-refractivity contribution is -0.142. The lowest BCUT2D eigenvalue weighted by atomic mass is 10.0. The minimum Gasteiger partial charge on any atom is -0.480 e. The van der Waals surface area contributed by atoms with E-state index in [0.29, 0.717) is 6.54 Å². The SMILES string of the molecule is NC(=O)c1nccnc1N1CCC(N)(C(=O)O)C1. The van der Waals surface area contributed by atoms with Crippen molar-refractivity contribution in [1.29, 1.82) is 0 Å². The Balaban J connectivity index is 2.30. The summed E-state index contributed by atoms with van der Waals surface area (Å²) in [5.74, 6) is -1.50. The molecule has 0 saturated carbocycles. The van der Waals surface area contributed by atoms with E-state index in [0.717, 1.165) is 0 Å². The van der Waals surface area contributed by atoms with Gasteiger partial charge in [0.25, 0.3) is 5.91 Å². The number of nitrogens with two attached hydrogens (primary N) is 2. The van der Waals surface area contributed by atoms with E-state index in [1.54, 1.807) is 4.90 Å². The van der Waals surface area contributed by atoms with Crippen molar-refractivity contribution in [1.82, 2.24) is 9.97 Å². The molecule has 1 aliphatic heterocycles. The number of rotatable bonds is 3. The summed E-state index contributed by atoms with van der Waals surface area (Å²) in [6.45, 7) is 0.461.